The third-order valence-electron chi connectivity index (χ3n) is 1.03. The molecule has 0 atom stereocenters. The maximum atomic E-state index is 9.81. The zero-order chi connectivity index (χ0) is 11.6. The van der Waals surface area contributed by atoms with E-state index in [2.05, 4.69) is 4.74 Å². The lowest BCUT2D eigenvalue weighted by Crippen LogP contribution is -2.03. The molecule has 82 valence electrons. The van der Waals surface area contributed by atoms with Crippen molar-refractivity contribution in [3.63, 3.8) is 0 Å². The summed E-state index contributed by atoms with van der Waals surface area (Å²) in [6, 6.07) is 0. The molecule has 0 bridgehead atoms. The molecule has 5 nitrogen and oxygen atoms in total. The zero-order valence-corrected chi connectivity index (χ0v) is 8.70. The van der Waals surface area contributed by atoms with Crippen molar-refractivity contribution in [3.8, 4) is 0 Å². The van der Waals surface area contributed by atoms with Crippen LogP contribution in [0.1, 0.15) is 40.0 Å². The second kappa shape index (κ2) is 9.70. The molecule has 1 N–H and O–H groups in total. The van der Waals surface area contributed by atoms with Gasteiger partial charge in [-0.2, -0.15) is 0 Å². The lowest BCUT2D eigenvalue weighted by atomic mass is 10.3. The lowest BCUT2D eigenvalue weighted by Gasteiger charge is -1.87. The SMILES string of the molecule is CC(=O)OC(C)=O.CCCCC(=O)O. The molecule has 0 aromatic carbocycles. The van der Waals surface area contributed by atoms with E-state index in [0.717, 1.165) is 12.8 Å². The Morgan fingerprint density at radius 3 is 1.64 bits per heavy atom. The quantitative estimate of drug-likeness (QED) is 0.554. The fraction of sp³-hybridized carbons (Fsp3) is 0.667. The number of carbonyl (C=O) groups is 3. The van der Waals surface area contributed by atoms with E-state index in [-0.39, 0.29) is 0 Å². The molecule has 0 aromatic rings. The molecule has 0 saturated carbocycles. The highest BCUT2D eigenvalue weighted by Gasteiger charge is 1.93. The molecule has 5 heteroatoms. The van der Waals surface area contributed by atoms with E-state index < -0.39 is 17.9 Å². The Kier molecular flexibility index (Phi) is 10.5. The number of hydrogen-bond donors (Lipinski definition) is 1. The second-order valence-electron chi connectivity index (χ2n) is 2.58. The van der Waals surface area contributed by atoms with Gasteiger partial charge >= 0.3 is 17.9 Å². The summed E-state index contributed by atoms with van der Waals surface area (Å²) in [6.45, 7) is 4.34. The van der Waals surface area contributed by atoms with E-state index in [9.17, 15) is 14.4 Å². The largest absolute Gasteiger partial charge is 0.481 e. The molecule has 0 spiro atoms. The van der Waals surface area contributed by atoms with Crippen LogP contribution in [0.15, 0.2) is 0 Å². The zero-order valence-electron chi connectivity index (χ0n) is 8.70. The summed E-state index contributed by atoms with van der Waals surface area (Å²) in [4.78, 5) is 29.4. The predicted octanol–water partition coefficient (Wildman–Crippen LogP) is 1.36. The summed E-state index contributed by atoms with van der Waals surface area (Å²) < 4.78 is 3.97. The molecule has 0 aliphatic carbocycles. The Hall–Kier alpha value is -1.39. The average Bonchev–Trinajstić information content (AvgIpc) is 1.99. The highest BCUT2D eigenvalue weighted by atomic mass is 16.6. The monoisotopic (exact) mass is 204 g/mol. The minimum atomic E-state index is -0.693. The Bertz CT molecular complexity index is 185. The number of aliphatic carboxylic acids is 1. The van der Waals surface area contributed by atoms with Gasteiger partial charge in [0.2, 0.25) is 0 Å². The molecule has 0 aliphatic heterocycles. The third-order valence-corrected chi connectivity index (χ3v) is 1.03. The number of carboxylic acid groups (broad SMARTS) is 1. The molecule has 0 saturated heterocycles. The van der Waals surface area contributed by atoms with Gasteiger partial charge in [0.05, 0.1) is 0 Å². The Labute approximate surface area is 83.1 Å². The number of carbonyl (C=O) groups excluding carboxylic acids is 2. The van der Waals surface area contributed by atoms with Gasteiger partial charge in [0.25, 0.3) is 0 Å². The van der Waals surface area contributed by atoms with Crippen LogP contribution in [0.3, 0.4) is 0 Å². The molecule has 0 aliphatic rings. The summed E-state index contributed by atoms with van der Waals surface area (Å²) in [6.07, 6.45) is 2.08. The van der Waals surface area contributed by atoms with Crippen LogP contribution in [0.5, 0.6) is 0 Å². The van der Waals surface area contributed by atoms with E-state index in [4.69, 9.17) is 5.11 Å². The molecule has 0 heterocycles. The first-order valence-corrected chi connectivity index (χ1v) is 4.30. The van der Waals surface area contributed by atoms with Crippen molar-refractivity contribution >= 4 is 17.9 Å². The van der Waals surface area contributed by atoms with Crippen molar-refractivity contribution in [2.24, 2.45) is 0 Å². The minimum absolute atomic E-state index is 0.316. The number of hydrogen-bond acceptors (Lipinski definition) is 4. The smallest absolute Gasteiger partial charge is 0.310 e. The molecule has 0 fully saturated rings. The van der Waals surface area contributed by atoms with Gasteiger partial charge in [-0.25, -0.2) is 0 Å². The van der Waals surface area contributed by atoms with E-state index >= 15 is 0 Å². The first-order chi connectivity index (χ1) is 6.40. The topological polar surface area (TPSA) is 80.7 Å². The van der Waals surface area contributed by atoms with Crippen LogP contribution in [0.25, 0.3) is 0 Å². The summed E-state index contributed by atoms with van der Waals surface area (Å²) in [5.41, 5.74) is 0. The predicted molar refractivity (Wildman–Crippen MR) is 49.6 cm³/mol. The molecular formula is C9H16O5. The summed E-state index contributed by atoms with van der Waals surface area (Å²) >= 11 is 0. The van der Waals surface area contributed by atoms with Crippen LogP contribution in [-0.2, 0) is 19.1 Å². The van der Waals surface area contributed by atoms with Crippen LogP contribution in [0.4, 0.5) is 0 Å². The molecule has 0 aromatic heterocycles. The van der Waals surface area contributed by atoms with Crippen LogP contribution in [0, 0.1) is 0 Å². The Morgan fingerprint density at radius 1 is 1.14 bits per heavy atom. The van der Waals surface area contributed by atoms with Crippen molar-refractivity contribution in [2.75, 3.05) is 0 Å². The number of esters is 2. The van der Waals surface area contributed by atoms with Gasteiger partial charge < -0.3 is 9.84 Å². The van der Waals surface area contributed by atoms with Crippen LogP contribution in [0.2, 0.25) is 0 Å². The van der Waals surface area contributed by atoms with Gasteiger partial charge in [-0.1, -0.05) is 13.3 Å². The third kappa shape index (κ3) is 22.4. The molecule has 0 radical (unpaired) electrons. The second-order valence-corrected chi connectivity index (χ2v) is 2.58. The fourth-order valence-corrected chi connectivity index (χ4v) is 0.530. The van der Waals surface area contributed by atoms with E-state index in [1.54, 1.807) is 0 Å². The van der Waals surface area contributed by atoms with E-state index in [1.807, 2.05) is 6.92 Å². The van der Waals surface area contributed by atoms with Crippen LogP contribution < -0.4 is 0 Å². The number of carboxylic acids is 1. The fourth-order valence-electron chi connectivity index (χ4n) is 0.530. The first kappa shape index (κ1) is 15.1. The van der Waals surface area contributed by atoms with Gasteiger partial charge in [0.15, 0.2) is 0 Å². The van der Waals surface area contributed by atoms with Gasteiger partial charge in [0.1, 0.15) is 0 Å². The Balaban J connectivity index is 0. The minimum Gasteiger partial charge on any atom is -0.481 e. The molecular weight excluding hydrogens is 188 g/mol. The summed E-state index contributed by atoms with van der Waals surface area (Å²) in [7, 11) is 0. The highest BCUT2D eigenvalue weighted by Crippen LogP contribution is 1.91. The van der Waals surface area contributed by atoms with Gasteiger partial charge in [0, 0.05) is 20.3 Å². The molecule has 0 rings (SSSR count). The van der Waals surface area contributed by atoms with E-state index in [1.165, 1.54) is 13.8 Å². The number of unbranched alkanes of at least 4 members (excludes halogenated alkanes) is 1. The van der Waals surface area contributed by atoms with E-state index in [0.29, 0.717) is 6.42 Å². The highest BCUT2D eigenvalue weighted by molar-refractivity contribution is 5.82. The number of ether oxygens (including phenoxy) is 1. The molecule has 0 amide bonds. The van der Waals surface area contributed by atoms with Crippen LogP contribution >= 0.6 is 0 Å². The van der Waals surface area contributed by atoms with Gasteiger partial charge in [-0.3, -0.25) is 14.4 Å². The van der Waals surface area contributed by atoms with Crippen LogP contribution in [-0.4, -0.2) is 23.0 Å². The molecule has 14 heavy (non-hydrogen) atoms. The number of rotatable bonds is 3. The summed E-state index contributed by atoms with van der Waals surface area (Å²) in [5, 5.41) is 8.04. The van der Waals surface area contributed by atoms with Gasteiger partial charge in [-0.15, -0.1) is 0 Å². The first-order valence-electron chi connectivity index (χ1n) is 4.30. The molecule has 0 unspecified atom stereocenters. The summed E-state index contributed by atoms with van der Waals surface area (Å²) in [5.74, 6) is -1.82. The van der Waals surface area contributed by atoms with Crippen molar-refractivity contribution in [3.05, 3.63) is 0 Å². The maximum Gasteiger partial charge on any atom is 0.310 e. The van der Waals surface area contributed by atoms with Crippen molar-refractivity contribution in [1.82, 2.24) is 0 Å². The van der Waals surface area contributed by atoms with Crippen molar-refractivity contribution in [1.29, 1.82) is 0 Å². The van der Waals surface area contributed by atoms with Crippen molar-refractivity contribution in [2.45, 2.75) is 40.0 Å². The standard InChI is InChI=1S/C5H10O2.C4H6O3/c1-2-3-4-5(6)7;1-3(5)7-4(2)6/h2-4H2,1H3,(H,6,7);1-2H3. The Morgan fingerprint density at radius 2 is 1.57 bits per heavy atom. The lowest BCUT2D eigenvalue weighted by molar-refractivity contribution is -0.156. The van der Waals surface area contributed by atoms with Gasteiger partial charge in [-0.05, 0) is 6.42 Å². The normalized spacial score (nSPS) is 8.21. The maximum absolute atomic E-state index is 9.81. The average molecular weight is 204 g/mol. The van der Waals surface area contributed by atoms with Crippen molar-refractivity contribution < 1.29 is 24.2 Å².